The maximum atomic E-state index is 5.85. The van der Waals surface area contributed by atoms with Gasteiger partial charge in [-0.15, -0.1) is 11.3 Å². The van der Waals surface area contributed by atoms with Crippen LogP contribution in [0.1, 0.15) is 16.1 Å². The average Bonchev–Trinajstić information content (AvgIpc) is 2.91. The first-order chi connectivity index (χ1) is 10.2. The van der Waals surface area contributed by atoms with Crippen LogP contribution in [0.3, 0.4) is 0 Å². The molecule has 3 nitrogen and oxygen atoms in total. The van der Waals surface area contributed by atoms with Gasteiger partial charge in [0.25, 0.3) is 0 Å². The second-order valence-electron chi connectivity index (χ2n) is 5.21. The van der Waals surface area contributed by atoms with E-state index in [-0.39, 0.29) is 0 Å². The van der Waals surface area contributed by atoms with Crippen LogP contribution in [0.2, 0.25) is 0 Å². The number of hydrogen-bond donors (Lipinski definition) is 1. The number of aromatic nitrogens is 1. The highest BCUT2D eigenvalue weighted by atomic mass is 32.1. The van der Waals surface area contributed by atoms with Crippen LogP contribution in [0.5, 0.6) is 0 Å². The summed E-state index contributed by atoms with van der Waals surface area (Å²) in [6.07, 6.45) is 0. The third-order valence-electron chi connectivity index (χ3n) is 3.85. The Bertz CT molecular complexity index is 764. The maximum absolute atomic E-state index is 5.85. The largest absolute Gasteiger partial charge is 0.369 e. The Morgan fingerprint density at radius 2 is 1.90 bits per heavy atom. The molecule has 1 aromatic heterocycles. The summed E-state index contributed by atoms with van der Waals surface area (Å²) in [5.74, 6) is 0. The van der Waals surface area contributed by atoms with Gasteiger partial charge >= 0.3 is 0 Å². The molecule has 3 aromatic rings. The van der Waals surface area contributed by atoms with Crippen molar-refractivity contribution >= 4 is 27.8 Å². The van der Waals surface area contributed by atoms with E-state index >= 15 is 0 Å². The molecule has 2 aromatic carbocycles. The van der Waals surface area contributed by atoms with Gasteiger partial charge in [0.05, 0.1) is 17.7 Å². The van der Waals surface area contributed by atoms with Gasteiger partial charge in [0.2, 0.25) is 0 Å². The first-order valence-corrected chi connectivity index (χ1v) is 7.89. The average molecular weight is 297 g/mol. The number of fused-ring (bicyclic) bond motifs is 1. The Morgan fingerprint density at radius 1 is 1.14 bits per heavy atom. The predicted octanol–water partition coefficient (Wildman–Crippen LogP) is 3.70. The number of nitrogens with two attached hydrogens (primary N) is 1. The van der Waals surface area contributed by atoms with E-state index in [1.165, 1.54) is 26.9 Å². The van der Waals surface area contributed by atoms with Crippen LogP contribution in [0.4, 0.5) is 5.69 Å². The fourth-order valence-electron chi connectivity index (χ4n) is 2.64. The first-order valence-electron chi connectivity index (χ1n) is 7.01. The van der Waals surface area contributed by atoms with Gasteiger partial charge in [0.15, 0.2) is 0 Å². The van der Waals surface area contributed by atoms with Crippen molar-refractivity contribution < 1.29 is 0 Å². The second kappa shape index (κ2) is 5.84. The number of hydrogen-bond acceptors (Lipinski definition) is 4. The fourth-order valence-corrected chi connectivity index (χ4v) is 3.46. The molecule has 0 unspecified atom stereocenters. The zero-order valence-corrected chi connectivity index (χ0v) is 13.2. The Hall–Kier alpha value is -1.91. The number of aryl methyl sites for hydroxylation is 1. The van der Waals surface area contributed by atoms with Crippen molar-refractivity contribution in [3.05, 3.63) is 58.0 Å². The number of benzene rings is 2. The van der Waals surface area contributed by atoms with Gasteiger partial charge in [-0.2, -0.15) is 0 Å². The molecule has 0 aliphatic rings. The Morgan fingerprint density at radius 3 is 2.57 bits per heavy atom. The van der Waals surface area contributed by atoms with Gasteiger partial charge < -0.3 is 10.6 Å². The van der Waals surface area contributed by atoms with Gasteiger partial charge in [-0.25, -0.2) is 4.98 Å². The molecule has 2 N–H and O–H groups in total. The number of nitrogens with zero attached hydrogens (tertiary/aromatic N) is 2. The van der Waals surface area contributed by atoms with Gasteiger partial charge in [0, 0.05) is 29.5 Å². The molecule has 1 heterocycles. The summed E-state index contributed by atoms with van der Waals surface area (Å²) in [7, 11) is 2.13. The van der Waals surface area contributed by atoms with Crippen molar-refractivity contribution in [1.82, 2.24) is 4.98 Å². The lowest BCUT2D eigenvalue weighted by molar-refractivity contribution is 0.930. The van der Waals surface area contributed by atoms with E-state index in [1.807, 2.05) is 5.51 Å². The summed E-state index contributed by atoms with van der Waals surface area (Å²) in [5, 5.41) is 2.50. The molecular formula is C17H19N3S. The fraction of sp³-hybridized carbons (Fsp3) is 0.235. The molecule has 0 bridgehead atoms. The highest BCUT2D eigenvalue weighted by molar-refractivity contribution is 7.09. The van der Waals surface area contributed by atoms with Crippen molar-refractivity contribution in [2.45, 2.75) is 20.0 Å². The summed E-state index contributed by atoms with van der Waals surface area (Å²) in [6, 6.07) is 12.8. The summed E-state index contributed by atoms with van der Waals surface area (Å²) in [6.45, 7) is 3.51. The number of rotatable bonds is 4. The zero-order chi connectivity index (χ0) is 14.8. The lowest BCUT2D eigenvalue weighted by atomic mass is 10.0. The van der Waals surface area contributed by atoms with Crippen LogP contribution in [0.15, 0.2) is 41.9 Å². The summed E-state index contributed by atoms with van der Waals surface area (Å²) in [4.78, 5) is 7.92. The van der Waals surface area contributed by atoms with E-state index in [0.29, 0.717) is 6.54 Å². The third kappa shape index (κ3) is 2.64. The van der Waals surface area contributed by atoms with E-state index < -0.39 is 0 Å². The minimum absolute atomic E-state index is 0.568. The van der Waals surface area contributed by atoms with Crippen LogP contribution < -0.4 is 10.6 Å². The van der Waals surface area contributed by atoms with E-state index in [4.69, 9.17) is 5.73 Å². The van der Waals surface area contributed by atoms with Gasteiger partial charge in [-0.05, 0) is 23.9 Å². The second-order valence-corrected chi connectivity index (χ2v) is 6.15. The molecule has 0 aliphatic carbocycles. The molecule has 0 spiro atoms. The van der Waals surface area contributed by atoms with Crippen LogP contribution in [0, 0.1) is 6.92 Å². The maximum Gasteiger partial charge on any atom is 0.0798 e. The minimum Gasteiger partial charge on any atom is -0.369 e. The van der Waals surface area contributed by atoms with E-state index in [2.05, 4.69) is 60.3 Å². The van der Waals surface area contributed by atoms with Crippen molar-refractivity contribution in [3.63, 3.8) is 0 Å². The van der Waals surface area contributed by atoms with Crippen molar-refractivity contribution in [3.8, 4) is 0 Å². The minimum atomic E-state index is 0.568. The first kappa shape index (κ1) is 14.0. The molecule has 4 heteroatoms. The molecule has 0 amide bonds. The highest BCUT2D eigenvalue weighted by Crippen LogP contribution is 2.30. The molecule has 0 aliphatic heterocycles. The monoisotopic (exact) mass is 297 g/mol. The summed E-state index contributed by atoms with van der Waals surface area (Å²) < 4.78 is 0. The van der Waals surface area contributed by atoms with Gasteiger partial charge in [0.1, 0.15) is 0 Å². The van der Waals surface area contributed by atoms with E-state index in [9.17, 15) is 0 Å². The smallest absolute Gasteiger partial charge is 0.0798 e. The van der Waals surface area contributed by atoms with Crippen LogP contribution in [0.25, 0.3) is 10.8 Å². The third-order valence-corrected chi connectivity index (χ3v) is 4.77. The molecule has 3 rings (SSSR count). The summed E-state index contributed by atoms with van der Waals surface area (Å²) >= 11 is 1.71. The van der Waals surface area contributed by atoms with Crippen LogP contribution in [-0.2, 0) is 13.1 Å². The molecule has 0 radical (unpaired) electrons. The predicted molar refractivity (Wildman–Crippen MR) is 90.8 cm³/mol. The quantitative estimate of drug-likeness (QED) is 0.798. The van der Waals surface area contributed by atoms with Crippen molar-refractivity contribution in [2.24, 2.45) is 5.73 Å². The molecular weight excluding hydrogens is 278 g/mol. The van der Waals surface area contributed by atoms with E-state index in [0.717, 1.165) is 12.2 Å². The standard InChI is InChI=1S/C17H19N3S/c1-12-17(21-11-19-12)10-20(2)16-8-7-13(9-18)14-5-3-4-6-15(14)16/h3-8,11H,9-10,18H2,1-2H3. The number of anilines is 1. The zero-order valence-electron chi connectivity index (χ0n) is 12.3. The Balaban J connectivity index is 2.02. The molecule has 0 saturated heterocycles. The molecule has 21 heavy (non-hydrogen) atoms. The highest BCUT2D eigenvalue weighted by Gasteiger charge is 2.11. The van der Waals surface area contributed by atoms with Crippen LogP contribution in [-0.4, -0.2) is 12.0 Å². The molecule has 108 valence electrons. The van der Waals surface area contributed by atoms with Crippen molar-refractivity contribution in [2.75, 3.05) is 11.9 Å². The molecule has 0 fully saturated rings. The lowest BCUT2D eigenvalue weighted by Crippen LogP contribution is -2.16. The Labute approximate surface area is 129 Å². The normalized spacial score (nSPS) is 11.0. The summed E-state index contributed by atoms with van der Waals surface area (Å²) in [5.41, 5.74) is 11.3. The van der Waals surface area contributed by atoms with E-state index in [1.54, 1.807) is 11.3 Å². The molecule has 0 saturated carbocycles. The Kier molecular flexibility index (Phi) is 3.90. The van der Waals surface area contributed by atoms with Crippen LogP contribution >= 0.6 is 11.3 Å². The van der Waals surface area contributed by atoms with Gasteiger partial charge in [-0.3, -0.25) is 0 Å². The number of thiazole rings is 1. The SMILES string of the molecule is Cc1ncsc1CN(C)c1ccc(CN)c2ccccc12. The van der Waals surface area contributed by atoms with Crippen molar-refractivity contribution in [1.29, 1.82) is 0 Å². The topological polar surface area (TPSA) is 42.2 Å². The van der Waals surface area contributed by atoms with Gasteiger partial charge in [-0.1, -0.05) is 30.3 Å². The molecule has 0 atom stereocenters. The lowest BCUT2D eigenvalue weighted by Gasteiger charge is -2.22.